The van der Waals surface area contributed by atoms with Gasteiger partial charge in [-0.2, -0.15) is 13.2 Å². The van der Waals surface area contributed by atoms with Crippen molar-refractivity contribution in [2.45, 2.75) is 48.8 Å². The minimum absolute atomic E-state index is 0.0794. The van der Waals surface area contributed by atoms with E-state index in [0.717, 1.165) is 33.9 Å². The number of aryl methyl sites for hydroxylation is 1. The van der Waals surface area contributed by atoms with Gasteiger partial charge in [-0.1, -0.05) is 0 Å². The number of sulfonamides is 1. The minimum atomic E-state index is -4.75. The first kappa shape index (κ1) is 31.1. The van der Waals surface area contributed by atoms with Gasteiger partial charge in [0.15, 0.2) is 11.4 Å². The van der Waals surface area contributed by atoms with Gasteiger partial charge in [-0.3, -0.25) is 14.4 Å². The van der Waals surface area contributed by atoms with Crippen molar-refractivity contribution >= 4 is 33.4 Å². The second-order valence-electron chi connectivity index (χ2n) is 9.98. The third-order valence-electron chi connectivity index (χ3n) is 6.98. The summed E-state index contributed by atoms with van der Waals surface area (Å²) in [6.07, 6.45) is -6.96. The molecular weight excluding hydrogens is 600 g/mol. The molecule has 1 spiro atoms. The smallest absolute Gasteiger partial charge is 0.408 e. The van der Waals surface area contributed by atoms with Crippen molar-refractivity contribution in [3.8, 4) is 5.75 Å². The molecule has 3 N–H and O–H groups in total. The van der Waals surface area contributed by atoms with Gasteiger partial charge in [0, 0.05) is 32.0 Å². The maximum atomic E-state index is 13.7. The number of alkyl halides is 5. The third kappa shape index (κ3) is 6.18. The van der Waals surface area contributed by atoms with E-state index in [9.17, 15) is 49.1 Å². The lowest BCUT2D eigenvalue weighted by molar-refractivity contribution is -0.162. The van der Waals surface area contributed by atoms with Crippen LogP contribution in [0.4, 0.5) is 32.0 Å². The molecule has 0 aliphatic carbocycles. The number of aromatic nitrogens is 1. The quantitative estimate of drug-likeness (QED) is 0.353. The average molecular weight is 626 g/mol. The van der Waals surface area contributed by atoms with Gasteiger partial charge in [0.05, 0.1) is 11.1 Å². The zero-order valence-corrected chi connectivity index (χ0v) is 22.8. The highest BCUT2D eigenvalue weighted by molar-refractivity contribution is 7.89. The number of anilines is 1. The Morgan fingerprint density at radius 2 is 1.79 bits per heavy atom. The molecule has 230 valence electrons. The van der Waals surface area contributed by atoms with E-state index >= 15 is 0 Å². The number of nitrogens with zero attached hydrogens (tertiary/aromatic N) is 2. The molecule has 18 heteroatoms. The zero-order valence-electron chi connectivity index (χ0n) is 22.0. The number of benzene rings is 1. The fourth-order valence-corrected chi connectivity index (χ4v) is 6.24. The highest BCUT2D eigenvalue weighted by Gasteiger charge is 2.46. The van der Waals surface area contributed by atoms with Gasteiger partial charge in [0.2, 0.25) is 10.0 Å². The SMILES string of the molecule is CC(NC(=O)C(=O)N1CCC2(CC1)COc1c(cn(C)c1C(=O)Nc1ccc(F)c(C(F)F)c1)S(=O)(=O)N2)C(F)(F)F. The van der Waals surface area contributed by atoms with Gasteiger partial charge < -0.3 is 24.8 Å². The Kier molecular flexibility index (Phi) is 8.25. The summed E-state index contributed by atoms with van der Waals surface area (Å²) in [6, 6.07) is 0.280. The zero-order chi connectivity index (χ0) is 31.2. The fraction of sp³-hybridized carbons (Fsp3) is 0.458. The first-order chi connectivity index (χ1) is 19.4. The van der Waals surface area contributed by atoms with Crippen molar-refractivity contribution < 1.29 is 53.9 Å². The second-order valence-corrected chi connectivity index (χ2v) is 11.6. The van der Waals surface area contributed by atoms with Crippen LogP contribution in [0.5, 0.6) is 5.75 Å². The molecule has 42 heavy (non-hydrogen) atoms. The summed E-state index contributed by atoms with van der Waals surface area (Å²) < 4.78 is 114. The number of carbonyl (C=O) groups excluding carboxylic acids is 3. The van der Waals surface area contributed by atoms with Crippen LogP contribution in [-0.2, 0) is 26.7 Å². The van der Waals surface area contributed by atoms with Crippen LogP contribution < -0.4 is 20.1 Å². The lowest BCUT2D eigenvalue weighted by Crippen LogP contribution is -2.60. The first-order valence-corrected chi connectivity index (χ1v) is 13.8. The van der Waals surface area contributed by atoms with E-state index in [1.165, 1.54) is 7.05 Å². The molecule has 2 aromatic rings. The Morgan fingerprint density at radius 1 is 1.14 bits per heavy atom. The average Bonchev–Trinajstić information content (AvgIpc) is 3.20. The number of hydrogen-bond donors (Lipinski definition) is 3. The van der Waals surface area contributed by atoms with Crippen LogP contribution in [0.3, 0.4) is 0 Å². The number of nitrogens with one attached hydrogen (secondary N) is 3. The number of likely N-dealkylation sites (tertiary alicyclic amines) is 1. The van der Waals surface area contributed by atoms with Crippen molar-refractivity contribution in [1.29, 1.82) is 0 Å². The summed E-state index contributed by atoms with van der Waals surface area (Å²) in [4.78, 5) is 38.1. The van der Waals surface area contributed by atoms with Crippen LogP contribution in [0.15, 0.2) is 29.3 Å². The Labute approximate surface area is 235 Å². The summed E-state index contributed by atoms with van der Waals surface area (Å²) in [6.45, 7) is -0.0305. The summed E-state index contributed by atoms with van der Waals surface area (Å²) in [5, 5.41) is 3.90. The van der Waals surface area contributed by atoms with Gasteiger partial charge in [-0.05, 0) is 38.0 Å². The molecule has 1 unspecified atom stereocenters. The highest BCUT2D eigenvalue weighted by Crippen LogP contribution is 2.37. The third-order valence-corrected chi connectivity index (χ3v) is 8.55. The maximum absolute atomic E-state index is 13.7. The molecule has 3 amide bonds. The molecule has 1 aromatic heterocycles. The predicted octanol–water partition coefficient (Wildman–Crippen LogP) is 2.45. The van der Waals surface area contributed by atoms with Crippen LogP contribution in [0.2, 0.25) is 0 Å². The molecule has 1 fully saturated rings. The number of halogens is 6. The monoisotopic (exact) mass is 625 g/mol. The molecule has 2 aliphatic heterocycles. The van der Waals surface area contributed by atoms with E-state index in [-0.39, 0.29) is 49.7 Å². The summed E-state index contributed by atoms with van der Waals surface area (Å²) in [7, 11) is -2.99. The molecule has 1 saturated heterocycles. The van der Waals surface area contributed by atoms with Crippen LogP contribution in [-0.4, -0.2) is 73.1 Å². The van der Waals surface area contributed by atoms with Crippen LogP contribution in [0, 0.1) is 5.82 Å². The number of fused-ring (bicyclic) bond motifs is 1. The number of rotatable bonds is 4. The Balaban J connectivity index is 1.50. The molecule has 1 atom stereocenters. The lowest BCUT2D eigenvalue weighted by atomic mass is 9.89. The molecule has 2 aliphatic rings. The van der Waals surface area contributed by atoms with Gasteiger partial charge in [-0.15, -0.1) is 0 Å². The van der Waals surface area contributed by atoms with E-state index in [1.807, 2.05) is 0 Å². The maximum Gasteiger partial charge on any atom is 0.408 e. The van der Waals surface area contributed by atoms with Crippen molar-refractivity contribution in [3.05, 3.63) is 41.5 Å². The van der Waals surface area contributed by atoms with Gasteiger partial charge in [0.1, 0.15) is 23.4 Å². The Bertz CT molecular complexity index is 1520. The molecule has 1 aromatic carbocycles. The molecule has 0 radical (unpaired) electrons. The summed E-state index contributed by atoms with van der Waals surface area (Å²) >= 11 is 0. The van der Waals surface area contributed by atoms with E-state index in [4.69, 9.17) is 4.74 Å². The summed E-state index contributed by atoms with van der Waals surface area (Å²) in [5.41, 5.74) is -2.70. The number of piperidine rings is 1. The summed E-state index contributed by atoms with van der Waals surface area (Å²) in [5.74, 6) is -5.12. The van der Waals surface area contributed by atoms with Crippen molar-refractivity contribution in [1.82, 2.24) is 19.5 Å². The van der Waals surface area contributed by atoms with Gasteiger partial charge in [0.25, 0.3) is 12.3 Å². The first-order valence-electron chi connectivity index (χ1n) is 12.4. The highest BCUT2D eigenvalue weighted by atomic mass is 32.2. The van der Waals surface area contributed by atoms with E-state index in [1.54, 1.807) is 5.32 Å². The molecule has 0 saturated carbocycles. The predicted molar refractivity (Wildman–Crippen MR) is 133 cm³/mol. The van der Waals surface area contributed by atoms with Crippen molar-refractivity contribution in [3.63, 3.8) is 0 Å². The van der Waals surface area contributed by atoms with Crippen LogP contribution >= 0.6 is 0 Å². The van der Waals surface area contributed by atoms with Crippen LogP contribution in [0.1, 0.15) is 42.2 Å². The van der Waals surface area contributed by atoms with Crippen molar-refractivity contribution in [2.24, 2.45) is 7.05 Å². The lowest BCUT2D eigenvalue weighted by Gasteiger charge is -2.40. The number of amides is 3. The molecule has 11 nitrogen and oxygen atoms in total. The van der Waals surface area contributed by atoms with Gasteiger partial charge in [-0.25, -0.2) is 26.3 Å². The second kappa shape index (κ2) is 11.1. The van der Waals surface area contributed by atoms with E-state index in [2.05, 4.69) is 10.0 Å². The Morgan fingerprint density at radius 3 is 2.38 bits per heavy atom. The van der Waals surface area contributed by atoms with Gasteiger partial charge >= 0.3 is 18.0 Å². The normalized spacial score (nSPS) is 18.5. The molecule has 0 bridgehead atoms. The number of carbonyl (C=O) groups is 3. The number of ether oxygens (including phenoxy) is 1. The molecular formula is C24H25F6N5O6S. The van der Waals surface area contributed by atoms with E-state index in [0.29, 0.717) is 6.92 Å². The fourth-order valence-electron chi connectivity index (χ4n) is 4.60. The number of hydrogen-bond acceptors (Lipinski definition) is 6. The van der Waals surface area contributed by atoms with Crippen LogP contribution in [0.25, 0.3) is 0 Å². The Hall–Kier alpha value is -3.80. The molecule has 3 heterocycles. The minimum Gasteiger partial charge on any atom is -0.488 e. The topological polar surface area (TPSA) is 139 Å². The molecule has 4 rings (SSSR count). The van der Waals surface area contributed by atoms with Crippen molar-refractivity contribution in [2.75, 3.05) is 25.0 Å². The largest absolute Gasteiger partial charge is 0.488 e. The van der Waals surface area contributed by atoms with E-state index < -0.39 is 68.2 Å². The standard InChI is InChI=1S/C24H25F6N5O6S/c1-12(24(28,29)30)31-21(37)22(38)35-7-5-23(6-8-35)11-41-18-16(42(39,40)33-23)10-34(2)17(18)20(36)32-13-3-4-15(25)14(9-13)19(26)27/h3-4,9-10,12,19,33H,5-8,11H2,1-2H3,(H,31,37)(H,32,36).